The first-order valence-corrected chi connectivity index (χ1v) is 10.00. The normalized spacial score (nSPS) is 9.56. The fourth-order valence-electron chi connectivity index (χ4n) is 3.43. The van der Waals surface area contributed by atoms with Crippen molar-refractivity contribution in [3.63, 3.8) is 0 Å². The van der Waals surface area contributed by atoms with E-state index in [4.69, 9.17) is 22.3 Å². The summed E-state index contributed by atoms with van der Waals surface area (Å²) in [5.74, 6) is 18.5. The van der Waals surface area contributed by atoms with E-state index >= 15 is 0 Å². The van der Waals surface area contributed by atoms with Gasteiger partial charge in [-0.15, -0.1) is 12.8 Å². The third-order valence-corrected chi connectivity index (χ3v) is 4.84. The quantitative estimate of drug-likeness (QED) is 0.418. The summed E-state index contributed by atoms with van der Waals surface area (Å²) in [6.07, 6.45) is 10.7. The molecule has 0 amide bonds. The van der Waals surface area contributed by atoms with Crippen molar-refractivity contribution in [3.8, 4) is 59.9 Å². The standard InChI is InChI=1S/C30H18O2/c1-3-21-31-29-19-17-23-11-5-7-13-25(23)27(29)15-9-10-16-28-26-14-8-6-12-24(26)18-20-30(28)32-22-4-2/h1-2,5-8,11-14,17-20H,21-22H2. The smallest absolute Gasteiger partial charge is 0.148 e. The second kappa shape index (κ2) is 9.83. The summed E-state index contributed by atoms with van der Waals surface area (Å²) in [6.45, 7) is 0.342. The Morgan fingerprint density at radius 1 is 0.562 bits per heavy atom. The van der Waals surface area contributed by atoms with Crippen molar-refractivity contribution < 1.29 is 9.47 Å². The Labute approximate surface area is 188 Å². The summed E-state index contributed by atoms with van der Waals surface area (Å²) < 4.78 is 11.4. The van der Waals surface area contributed by atoms with Crippen LogP contribution in [0.1, 0.15) is 11.1 Å². The highest BCUT2D eigenvalue weighted by Crippen LogP contribution is 2.28. The molecule has 2 nitrogen and oxygen atoms in total. The number of ether oxygens (including phenoxy) is 2. The molecule has 0 aliphatic carbocycles. The molecule has 0 fully saturated rings. The Balaban J connectivity index is 1.78. The maximum Gasteiger partial charge on any atom is 0.148 e. The lowest BCUT2D eigenvalue weighted by Gasteiger charge is -2.08. The average Bonchev–Trinajstić information content (AvgIpc) is 2.84. The van der Waals surface area contributed by atoms with Gasteiger partial charge in [0.2, 0.25) is 0 Å². The molecule has 0 radical (unpaired) electrons. The SMILES string of the molecule is C#CCOc1ccc2ccccc2c1C#CC#Cc1c(OCC#C)ccc2ccccc12. The largest absolute Gasteiger partial charge is 0.480 e. The molecule has 0 aliphatic heterocycles. The maximum atomic E-state index is 5.71. The third-order valence-electron chi connectivity index (χ3n) is 4.84. The van der Waals surface area contributed by atoms with Gasteiger partial charge in [-0.25, -0.2) is 0 Å². The predicted octanol–water partition coefficient (Wildman–Crippen LogP) is 5.42. The summed E-state index contributed by atoms with van der Waals surface area (Å²) in [4.78, 5) is 0. The zero-order chi connectivity index (χ0) is 22.2. The van der Waals surface area contributed by atoms with Gasteiger partial charge in [-0.1, -0.05) is 72.5 Å². The van der Waals surface area contributed by atoms with E-state index in [0.717, 1.165) is 32.7 Å². The lowest BCUT2D eigenvalue weighted by atomic mass is 10.0. The van der Waals surface area contributed by atoms with E-state index in [2.05, 4.69) is 35.5 Å². The molecule has 0 aromatic heterocycles. The second-order valence-corrected chi connectivity index (χ2v) is 6.81. The first-order chi connectivity index (χ1) is 15.8. The molecular formula is C30H18O2. The molecule has 0 bridgehead atoms. The van der Waals surface area contributed by atoms with E-state index in [1.165, 1.54) is 0 Å². The second-order valence-electron chi connectivity index (χ2n) is 6.81. The molecule has 0 heterocycles. The Hall–Kier alpha value is -4.76. The molecule has 32 heavy (non-hydrogen) atoms. The summed E-state index contributed by atoms with van der Waals surface area (Å²) in [5, 5.41) is 4.10. The Kier molecular flexibility index (Phi) is 6.30. The van der Waals surface area contributed by atoms with Crippen molar-refractivity contribution in [2.24, 2.45) is 0 Å². The molecule has 0 saturated heterocycles. The summed E-state index contributed by atoms with van der Waals surface area (Å²) >= 11 is 0. The highest BCUT2D eigenvalue weighted by molar-refractivity contribution is 5.92. The molecule has 0 aliphatic rings. The van der Waals surface area contributed by atoms with Gasteiger partial charge in [-0.3, -0.25) is 0 Å². The van der Waals surface area contributed by atoms with E-state index in [-0.39, 0.29) is 13.2 Å². The molecule has 0 spiro atoms. The zero-order valence-corrected chi connectivity index (χ0v) is 17.3. The van der Waals surface area contributed by atoms with Crippen LogP contribution >= 0.6 is 0 Å². The van der Waals surface area contributed by atoms with E-state index in [9.17, 15) is 0 Å². The van der Waals surface area contributed by atoms with E-state index in [0.29, 0.717) is 11.5 Å². The van der Waals surface area contributed by atoms with Crippen LogP contribution in [0.4, 0.5) is 0 Å². The molecule has 0 unspecified atom stereocenters. The van der Waals surface area contributed by atoms with Gasteiger partial charge in [0.1, 0.15) is 24.7 Å². The van der Waals surface area contributed by atoms with Gasteiger partial charge >= 0.3 is 0 Å². The first-order valence-electron chi connectivity index (χ1n) is 10.00. The Morgan fingerprint density at radius 3 is 1.44 bits per heavy atom. The number of hydrogen-bond acceptors (Lipinski definition) is 2. The van der Waals surface area contributed by atoms with Gasteiger partial charge in [-0.2, -0.15) is 0 Å². The fourth-order valence-corrected chi connectivity index (χ4v) is 3.43. The number of fused-ring (bicyclic) bond motifs is 2. The van der Waals surface area contributed by atoms with Crippen molar-refractivity contribution >= 4 is 21.5 Å². The van der Waals surface area contributed by atoms with Gasteiger partial charge in [0.05, 0.1) is 11.1 Å². The van der Waals surface area contributed by atoms with Crippen LogP contribution < -0.4 is 9.47 Å². The molecule has 4 aromatic carbocycles. The summed E-state index contributed by atoms with van der Waals surface area (Å²) in [7, 11) is 0. The lowest BCUT2D eigenvalue weighted by molar-refractivity contribution is 0.370. The van der Waals surface area contributed by atoms with Crippen LogP contribution in [0.25, 0.3) is 21.5 Å². The summed E-state index contributed by atoms with van der Waals surface area (Å²) in [5.41, 5.74) is 1.52. The molecule has 0 N–H and O–H groups in total. The molecule has 150 valence electrons. The monoisotopic (exact) mass is 410 g/mol. The molecule has 4 rings (SSSR count). The molecule has 2 heteroatoms. The average molecular weight is 410 g/mol. The molecular weight excluding hydrogens is 392 g/mol. The number of hydrogen-bond donors (Lipinski definition) is 0. The molecule has 0 atom stereocenters. The summed E-state index contributed by atoms with van der Waals surface area (Å²) in [6, 6.07) is 23.7. The van der Waals surface area contributed by atoms with Crippen molar-refractivity contribution in [1.29, 1.82) is 0 Å². The van der Waals surface area contributed by atoms with Crippen molar-refractivity contribution in [2.45, 2.75) is 0 Å². The van der Waals surface area contributed by atoms with Gasteiger partial charge in [0.25, 0.3) is 0 Å². The highest BCUT2D eigenvalue weighted by Gasteiger charge is 2.07. The Bertz CT molecular complexity index is 1390. The van der Waals surface area contributed by atoms with Crippen LogP contribution in [-0.4, -0.2) is 13.2 Å². The third kappa shape index (κ3) is 4.37. The lowest BCUT2D eigenvalue weighted by Crippen LogP contribution is -1.97. The number of benzene rings is 4. The van der Waals surface area contributed by atoms with Crippen LogP contribution in [-0.2, 0) is 0 Å². The molecule has 4 aromatic rings. The van der Waals surface area contributed by atoms with Crippen LogP contribution in [0.15, 0.2) is 72.8 Å². The topological polar surface area (TPSA) is 18.5 Å². The minimum atomic E-state index is 0.171. The van der Waals surface area contributed by atoms with Crippen LogP contribution in [0.5, 0.6) is 11.5 Å². The Morgan fingerprint density at radius 2 is 1.00 bits per heavy atom. The zero-order valence-electron chi connectivity index (χ0n) is 17.3. The fraction of sp³-hybridized carbons (Fsp3) is 0.0667. The van der Waals surface area contributed by atoms with E-state index in [1.54, 1.807) is 0 Å². The van der Waals surface area contributed by atoms with Crippen LogP contribution in [0, 0.1) is 48.4 Å². The number of terminal acetylenes is 2. The van der Waals surface area contributed by atoms with Gasteiger partial charge < -0.3 is 9.47 Å². The maximum absolute atomic E-state index is 5.71. The first kappa shape index (κ1) is 20.5. The van der Waals surface area contributed by atoms with Crippen molar-refractivity contribution in [1.82, 2.24) is 0 Å². The van der Waals surface area contributed by atoms with Gasteiger partial charge in [0, 0.05) is 10.8 Å². The van der Waals surface area contributed by atoms with Gasteiger partial charge in [0.15, 0.2) is 0 Å². The van der Waals surface area contributed by atoms with Crippen LogP contribution in [0.3, 0.4) is 0 Å². The van der Waals surface area contributed by atoms with Crippen molar-refractivity contribution in [3.05, 3.63) is 83.9 Å². The highest BCUT2D eigenvalue weighted by atomic mass is 16.5. The predicted molar refractivity (Wildman–Crippen MR) is 130 cm³/mol. The van der Waals surface area contributed by atoms with E-state index < -0.39 is 0 Å². The number of rotatable bonds is 4. The molecule has 0 saturated carbocycles. The minimum absolute atomic E-state index is 0.171. The van der Waals surface area contributed by atoms with E-state index in [1.807, 2.05) is 72.8 Å². The van der Waals surface area contributed by atoms with Crippen molar-refractivity contribution in [2.75, 3.05) is 13.2 Å². The minimum Gasteiger partial charge on any atom is -0.480 e. The van der Waals surface area contributed by atoms with Gasteiger partial charge in [-0.05, 0) is 46.6 Å². The van der Waals surface area contributed by atoms with Crippen LogP contribution in [0.2, 0.25) is 0 Å².